The summed E-state index contributed by atoms with van der Waals surface area (Å²) >= 11 is 8.89. The molecule has 1 aromatic heterocycles. The van der Waals surface area contributed by atoms with Gasteiger partial charge in [-0.2, -0.15) is 16.5 Å². The van der Waals surface area contributed by atoms with Crippen molar-refractivity contribution in [2.75, 3.05) is 12.0 Å². The molecule has 1 heterocycles. The fraction of sp³-hybridized carbons (Fsp3) is 0.316. The Labute approximate surface area is 179 Å². The number of halogens is 1. The van der Waals surface area contributed by atoms with Crippen molar-refractivity contribution in [1.29, 1.82) is 0 Å². The molecule has 1 amide bonds. The molecule has 2 rings (SSSR count). The van der Waals surface area contributed by atoms with Gasteiger partial charge in [0.2, 0.25) is 15.9 Å². The highest BCUT2D eigenvalue weighted by molar-refractivity contribution is 7.98. The molecule has 0 radical (unpaired) electrons. The Morgan fingerprint density at radius 1 is 1.25 bits per heavy atom. The van der Waals surface area contributed by atoms with Gasteiger partial charge >= 0.3 is 0 Å². The van der Waals surface area contributed by atoms with Gasteiger partial charge in [0.1, 0.15) is 6.04 Å². The summed E-state index contributed by atoms with van der Waals surface area (Å²) in [6, 6.07) is 11.6. The Bertz CT molecular complexity index is 898. The van der Waals surface area contributed by atoms with Crippen LogP contribution in [0.4, 0.5) is 0 Å². The number of sulfonamides is 1. The first-order valence-electron chi connectivity index (χ1n) is 8.61. The second kappa shape index (κ2) is 11.0. The first kappa shape index (κ1) is 23.0. The highest BCUT2D eigenvalue weighted by Gasteiger charge is 2.24. The molecule has 0 aliphatic heterocycles. The molecule has 2 N–H and O–H groups in total. The van der Waals surface area contributed by atoms with Crippen LogP contribution in [0, 0.1) is 0 Å². The number of carbonyl (C=O) groups excluding carboxylic acids is 1. The highest BCUT2D eigenvalue weighted by atomic mass is 35.5. The molecule has 9 heteroatoms. The van der Waals surface area contributed by atoms with E-state index < -0.39 is 16.1 Å². The zero-order valence-corrected chi connectivity index (χ0v) is 18.8. The Hall–Kier alpha value is -1.32. The average Bonchev–Trinajstić information content (AvgIpc) is 3.11. The molecule has 0 spiro atoms. The molecular formula is C19H23ClN2O3S3. The molecule has 0 saturated carbocycles. The number of rotatable bonds is 10. The molecule has 5 nitrogen and oxygen atoms in total. The third-order valence-corrected chi connectivity index (χ3v) is 7.02. The molecule has 0 saturated heterocycles. The fourth-order valence-corrected chi connectivity index (χ4v) is 4.97. The van der Waals surface area contributed by atoms with Crippen molar-refractivity contribution in [2.45, 2.75) is 25.4 Å². The zero-order valence-electron chi connectivity index (χ0n) is 15.6. The van der Waals surface area contributed by atoms with E-state index in [2.05, 4.69) is 10.0 Å². The molecule has 2 atom stereocenters. The van der Waals surface area contributed by atoms with Crippen LogP contribution in [0.3, 0.4) is 0 Å². The van der Waals surface area contributed by atoms with Crippen molar-refractivity contribution >= 4 is 56.7 Å². The van der Waals surface area contributed by atoms with Crippen LogP contribution < -0.4 is 10.0 Å². The third kappa shape index (κ3) is 7.60. The molecule has 2 unspecified atom stereocenters. The summed E-state index contributed by atoms with van der Waals surface area (Å²) in [5.74, 6) is 0.296. The lowest BCUT2D eigenvalue weighted by Crippen LogP contribution is -2.47. The summed E-state index contributed by atoms with van der Waals surface area (Å²) in [6.07, 6.45) is 3.81. The first-order valence-corrected chi connectivity index (χ1v) is 12.7. The average molecular weight is 459 g/mol. The number of nitrogens with one attached hydrogen (secondary N) is 2. The predicted molar refractivity (Wildman–Crippen MR) is 120 cm³/mol. The Morgan fingerprint density at radius 2 is 1.96 bits per heavy atom. The van der Waals surface area contributed by atoms with E-state index in [-0.39, 0.29) is 11.9 Å². The highest BCUT2D eigenvalue weighted by Crippen LogP contribution is 2.26. The molecule has 0 aliphatic rings. The monoisotopic (exact) mass is 458 g/mol. The van der Waals surface area contributed by atoms with Crippen LogP contribution in [0.5, 0.6) is 0 Å². The van der Waals surface area contributed by atoms with E-state index >= 15 is 0 Å². The van der Waals surface area contributed by atoms with Crippen LogP contribution >= 0.6 is 34.7 Å². The van der Waals surface area contributed by atoms with Crippen molar-refractivity contribution in [1.82, 2.24) is 10.0 Å². The van der Waals surface area contributed by atoms with Crippen molar-refractivity contribution < 1.29 is 13.2 Å². The van der Waals surface area contributed by atoms with E-state index in [0.717, 1.165) is 15.8 Å². The van der Waals surface area contributed by atoms with Gasteiger partial charge in [0, 0.05) is 10.3 Å². The third-order valence-electron chi connectivity index (χ3n) is 3.85. The van der Waals surface area contributed by atoms with Gasteiger partial charge < -0.3 is 5.32 Å². The molecule has 0 fully saturated rings. The molecule has 28 heavy (non-hydrogen) atoms. The van der Waals surface area contributed by atoms with Gasteiger partial charge in [0.05, 0.1) is 10.4 Å². The maximum absolute atomic E-state index is 12.7. The zero-order chi connectivity index (χ0) is 20.6. The molecule has 0 aliphatic carbocycles. The lowest BCUT2D eigenvalue weighted by molar-refractivity contribution is -0.123. The Balaban J connectivity index is 2.06. The SMILES string of the molecule is CSCCC(NS(=O)(=O)/C=C/c1ccccc1)C(=O)NC(C)c1ccc(Cl)s1. The number of hydrogen-bond donors (Lipinski definition) is 2. The van der Waals surface area contributed by atoms with E-state index in [1.807, 2.05) is 37.4 Å². The van der Waals surface area contributed by atoms with Gasteiger partial charge in [-0.25, -0.2) is 8.42 Å². The number of hydrogen-bond acceptors (Lipinski definition) is 5. The summed E-state index contributed by atoms with van der Waals surface area (Å²) in [7, 11) is -3.77. The van der Waals surface area contributed by atoms with Crippen LogP contribution in [0.1, 0.15) is 29.8 Å². The summed E-state index contributed by atoms with van der Waals surface area (Å²) < 4.78 is 28.0. The number of benzene rings is 1. The van der Waals surface area contributed by atoms with Crippen LogP contribution in [-0.2, 0) is 14.8 Å². The molecule has 2 aromatic rings. The number of thioether (sulfide) groups is 1. The normalized spacial score (nSPS) is 14.1. The maximum Gasteiger partial charge on any atom is 0.238 e. The molecule has 0 bridgehead atoms. The predicted octanol–water partition coefficient (Wildman–Crippen LogP) is 4.29. The van der Waals surface area contributed by atoms with Crippen molar-refractivity contribution in [3.63, 3.8) is 0 Å². The number of thiophene rings is 1. The topological polar surface area (TPSA) is 75.3 Å². The van der Waals surface area contributed by atoms with Gasteiger partial charge in [-0.1, -0.05) is 41.9 Å². The first-order chi connectivity index (χ1) is 13.3. The van der Waals surface area contributed by atoms with Gasteiger partial charge in [-0.15, -0.1) is 11.3 Å². The number of carbonyl (C=O) groups is 1. The minimum Gasteiger partial charge on any atom is -0.347 e. The Morgan fingerprint density at radius 3 is 2.57 bits per heavy atom. The minimum atomic E-state index is -3.77. The fourth-order valence-electron chi connectivity index (χ4n) is 2.40. The summed E-state index contributed by atoms with van der Waals surface area (Å²) in [5, 5.41) is 3.95. The van der Waals surface area contributed by atoms with E-state index in [0.29, 0.717) is 16.5 Å². The van der Waals surface area contributed by atoms with Crippen LogP contribution in [-0.4, -0.2) is 32.4 Å². The van der Waals surface area contributed by atoms with Crippen molar-refractivity contribution in [3.05, 3.63) is 62.6 Å². The molecule has 1 aromatic carbocycles. The van der Waals surface area contributed by atoms with Gasteiger partial charge in [0.25, 0.3) is 0 Å². The van der Waals surface area contributed by atoms with E-state index in [9.17, 15) is 13.2 Å². The smallest absolute Gasteiger partial charge is 0.238 e. The number of amides is 1. The quantitative estimate of drug-likeness (QED) is 0.556. The summed E-state index contributed by atoms with van der Waals surface area (Å²) in [4.78, 5) is 13.6. The van der Waals surface area contributed by atoms with Crippen molar-refractivity contribution in [2.24, 2.45) is 0 Å². The van der Waals surface area contributed by atoms with Gasteiger partial charge in [0.15, 0.2) is 0 Å². The molecular weight excluding hydrogens is 436 g/mol. The second-order valence-electron chi connectivity index (χ2n) is 6.08. The van der Waals surface area contributed by atoms with Gasteiger partial charge in [-0.3, -0.25) is 4.79 Å². The largest absolute Gasteiger partial charge is 0.347 e. The van der Waals surface area contributed by atoms with Crippen LogP contribution in [0.2, 0.25) is 4.34 Å². The van der Waals surface area contributed by atoms with E-state index in [4.69, 9.17) is 11.6 Å². The lowest BCUT2D eigenvalue weighted by atomic mass is 10.2. The minimum absolute atomic E-state index is 0.258. The standard InChI is InChI=1S/C19H23ClN2O3S3/c1-14(17-8-9-18(20)27-17)21-19(23)16(10-12-26-2)22-28(24,25)13-11-15-6-4-3-5-7-15/h3-9,11,13-14,16,22H,10,12H2,1-2H3,(H,21,23)/b13-11+. The summed E-state index contributed by atoms with van der Waals surface area (Å²) in [5.41, 5.74) is 0.765. The van der Waals surface area contributed by atoms with Gasteiger partial charge in [-0.05, 0) is 49.1 Å². The van der Waals surface area contributed by atoms with Crippen LogP contribution in [0.25, 0.3) is 6.08 Å². The van der Waals surface area contributed by atoms with E-state index in [1.54, 1.807) is 30.0 Å². The lowest BCUT2D eigenvalue weighted by Gasteiger charge is -2.20. The molecule has 152 valence electrons. The summed E-state index contributed by atoms with van der Waals surface area (Å²) in [6.45, 7) is 1.84. The second-order valence-corrected chi connectivity index (χ2v) is 10.4. The van der Waals surface area contributed by atoms with Crippen molar-refractivity contribution in [3.8, 4) is 0 Å². The van der Waals surface area contributed by atoms with Crippen LogP contribution in [0.15, 0.2) is 47.9 Å². The maximum atomic E-state index is 12.7. The van der Waals surface area contributed by atoms with E-state index in [1.165, 1.54) is 17.4 Å². The Kier molecular flexibility index (Phi) is 9.04.